The second-order valence-corrected chi connectivity index (χ2v) is 10.7. The summed E-state index contributed by atoms with van der Waals surface area (Å²) in [6, 6.07) is 7.09. The average Bonchev–Trinajstić information content (AvgIpc) is 2.95. The molecule has 1 aromatic rings. The van der Waals surface area contributed by atoms with Crippen LogP contribution in [0.15, 0.2) is 29.2 Å². The maximum atomic E-state index is 12.7. The van der Waals surface area contributed by atoms with Crippen LogP contribution in [-0.4, -0.2) is 69.8 Å². The lowest BCUT2D eigenvalue weighted by molar-refractivity contribution is 0.148. The molecule has 1 atom stereocenters. The SMILES string of the molecule is CCc1ccc(S(=O)(=O)N2CCN([C@H]3CCS(=O)(=O)C3)CC2)cc1. The van der Waals surface area contributed by atoms with Gasteiger partial charge in [-0.3, -0.25) is 4.90 Å². The van der Waals surface area contributed by atoms with Crippen LogP contribution in [-0.2, 0) is 26.3 Å². The van der Waals surface area contributed by atoms with Crippen LogP contribution in [0.1, 0.15) is 18.9 Å². The molecule has 6 nitrogen and oxygen atoms in total. The highest BCUT2D eigenvalue weighted by Gasteiger charge is 2.36. The van der Waals surface area contributed by atoms with Crippen LogP contribution >= 0.6 is 0 Å². The summed E-state index contributed by atoms with van der Waals surface area (Å²) >= 11 is 0. The van der Waals surface area contributed by atoms with Crippen LogP contribution in [0, 0.1) is 0 Å². The van der Waals surface area contributed by atoms with Crippen molar-refractivity contribution in [2.45, 2.75) is 30.7 Å². The third-order valence-corrected chi connectivity index (χ3v) is 8.63. The molecule has 2 aliphatic heterocycles. The van der Waals surface area contributed by atoms with E-state index >= 15 is 0 Å². The molecule has 3 rings (SSSR count). The topological polar surface area (TPSA) is 74.8 Å². The number of hydrogen-bond acceptors (Lipinski definition) is 5. The highest BCUT2D eigenvalue weighted by molar-refractivity contribution is 7.91. The molecule has 24 heavy (non-hydrogen) atoms. The summed E-state index contributed by atoms with van der Waals surface area (Å²) in [4.78, 5) is 2.45. The predicted molar refractivity (Wildman–Crippen MR) is 93.2 cm³/mol. The van der Waals surface area contributed by atoms with Gasteiger partial charge >= 0.3 is 0 Å². The maximum Gasteiger partial charge on any atom is 0.243 e. The first-order valence-electron chi connectivity index (χ1n) is 8.35. The summed E-state index contributed by atoms with van der Waals surface area (Å²) in [6.07, 6.45) is 1.54. The number of rotatable bonds is 4. The molecule has 8 heteroatoms. The zero-order chi connectivity index (χ0) is 17.4. The van der Waals surface area contributed by atoms with E-state index in [-0.39, 0.29) is 17.5 Å². The smallest absolute Gasteiger partial charge is 0.243 e. The van der Waals surface area contributed by atoms with Crippen molar-refractivity contribution in [1.82, 2.24) is 9.21 Å². The molecular weight excluding hydrogens is 348 g/mol. The Morgan fingerprint density at radius 2 is 1.71 bits per heavy atom. The van der Waals surface area contributed by atoms with E-state index in [1.54, 1.807) is 12.1 Å². The van der Waals surface area contributed by atoms with Gasteiger partial charge in [0, 0.05) is 32.2 Å². The normalized spacial score (nSPS) is 25.8. The number of nitrogens with zero attached hydrogens (tertiary/aromatic N) is 2. The van der Waals surface area contributed by atoms with Crippen LogP contribution in [0.2, 0.25) is 0 Å². The Labute approximate surface area is 144 Å². The Morgan fingerprint density at radius 3 is 2.21 bits per heavy atom. The molecule has 2 aliphatic rings. The van der Waals surface area contributed by atoms with Gasteiger partial charge < -0.3 is 0 Å². The maximum absolute atomic E-state index is 12.7. The molecule has 0 aliphatic carbocycles. The number of aryl methyl sites for hydroxylation is 1. The minimum Gasteiger partial charge on any atom is -0.297 e. The molecule has 0 N–H and O–H groups in total. The van der Waals surface area contributed by atoms with Gasteiger partial charge in [-0.2, -0.15) is 4.31 Å². The van der Waals surface area contributed by atoms with Crippen LogP contribution < -0.4 is 0 Å². The first-order chi connectivity index (χ1) is 11.3. The van der Waals surface area contributed by atoms with E-state index < -0.39 is 19.9 Å². The lowest BCUT2D eigenvalue weighted by Gasteiger charge is -2.36. The van der Waals surface area contributed by atoms with Crippen molar-refractivity contribution >= 4 is 19.9 Å². The summed E-state index contributed by atoms with van der Waals surface area (Å²) in [5, 5.41) is 0. The summed E-state index contributed by atoms with van der Waals surface area (Å²) in [5.41, 5.74) is 1.11. The number of piperazine rings is 1. The second-order valence-electron chi connectivity index (χ2n) is 6.49. The third-order valence-electron chi connectivity index (χ3n) is 4.97. The molecule has 2 heterocycles. The second kappa shape index (κ2) is 6.74. The number of sulfonamides is 1. The zero-order valence-corrected chi connectivity index (χ0v) is 15.5. The molecular formula is C16H24N2O4S2. The Morgan fingerprint density at radius 1 is 1.08 bits per heavy atom. The van der Waals surface area contributed by atoms with Crippen molar-refractivity contribution in [3.05, 3.63) is 29.8 Å². The Hall–Kier alpha value is -0.960. The van der Waals surface area contributed by atoms with E-state index in [4.69, 9.17) is 0 Å². The van der Waals surface area contributed by atoms with Gasteiger partial charge in [0.15, 0.2) is 9.84 Å². The lowest BCUT2D eigenvalue weighted by Crippen LogP contribution is -2.52. The van der Waals surface area contributed by atoms with E-state index in [0.717, 1.165) is 12.0 Å². The molecule has 2 fully saturated rings. The average molecular weight is 373 g/mol. The lowest BCUT2D eigenvalue weighted by atomic mass is 10.2. The Balaban J connectivity index is 1.65. The fourth-order valence-electron chi connectivity index (χ4n) is 3.42. The zero-order valence-electron chi connectivity index (χ0n) is 13.9. The number of benzene rings is 1. The molecule has 2 saturated heterocycles. The quantitative estimate of drug-likeness (QED) is 0.779. The van der Waals surface area contributed by atoms with Crippen molar-refractivity contribution in [2.24, 2.45) is 0 Å². The molecule has 0 spiro atoms. The van der Waals surface area contributed by atoms with Gasteiger partial charge in [-0.05, 0) is 30.5 Å². The van der Waals surface area contributed by atoms with Gasteiger partial charge in [0.1, 0.15) is 0 Å². The van der Waals surface area contributed by atoms with Crippen molar-refractivity contribution in [3.63, 3.8) is 0 Å². The van der Waals surface area contributed by atoms with E-state index in [1.165, 1.54) is 4.31 Å². The largest absolute Gasteiger partial charge is 0.297 e. The highest BCUT2D eigenvalue weighted by Crippen LogP contribution is 2.22. The third kappa shape index (κ3) is 3.66. The fraction of sp³-hybridized carbons (Fsp3) is 0.625. The number of sulfone groups is 1. The summed E-state index contributed by atoms with van der Waals surface area (Å²) in [6.45, 7) is 4.04. The Bertz CT molecular complexity index is 780. The molecule has 0 aromatic heterocycles. The predicted octanol–water partition coefficient (Wildman–Crippen LogP) is 0.742. The molecule has 0 bridgehead atoms. The molecule has 134 valence electrons. The van der Waals surface area contributed by atoms with Crippen molar-refractivity contribution in [1.29, 1.82) is 0 Å². The Kier molecular flexibility index (Phi) is 5.01. The van der Waals surface area contributed by atoms with Crippen molar-refractivity contribution < 1.29 is 16.8 Å². The van der Waals surface area contributed by atoms with Crippen LogP contribution in [0.3, 0.4) is 0 Å². The number of hydrogen-bond donors (Lipinski definition) is 0. The summed E-state index contributed by atoms with van der Waals surface area (Å²) < 4.78 is 50.2. The molecule has 0 amide bonds. The van der Waals surface area contributed by atoms with Gasteiger partial charge in [-0.15, -0.1) is 0 Å². The molecule has 0 unspecified atom stereocenters. The van der Waals surface area contributed by atoms with E-state index in [9.17, 15) is 16.8 Å². The standard InChI is InChI=1S/C16H24N2O4S2/c1-2-14-3-5-16(6-4-14)24(21,22)18-10-8-17(9-11-18)15-7-12-23(19,20)13-15/h3-6,15H,2,7-13H2,1H3/t15-/m0/s1. The van der Waals surface area contributed by atoms with Crippen molar-refractivity contribution in [2.75, 3.05) is 37.7 Å². The van der Waals surface area contributed by atoms with Gasteiger partial charge in [-0.25, -0.2) is 16.8 Å². The first-order valence-corrected chi connectivity index (χ1v) is 11.6. The monoisotopic (exact) mass is 372 g/mol. The van der Waals surface area contributed by atoms with Crippen LogP contribution in [0.5, 0.6) is 0 Å². The summed E-state index contributed by atoms with van der Waals surface area (Å²) in [7, 11) is -6.38. The van der Waals surface area contributed by atoms with E-state index in [0.29, 0.717) is 37.5 Å². The van der Waals surface area contributed by atoms with Crippen LogP contribution in [0.25, 0.3) is 0 Å². The van der Waals surface area contributed by atoms with Gasteiger partial charge in [0.2, 0.25) is 10.0 Å². The van der Waals surface area contributed by atoms with Gasteiger partial charge in [-0.1, -0.05) is 19.1 Å². The van der Waals surface area contributed by atoms with Crippen LogP contribution in [0.4, 0.5) is 0 Å². The molecule has 0 saturated carbocycles. The van der Waals surface area contributed by atoms with E-state index in [2.05, 4.69) is 4.90 Å². The summed E-state index contributed by atoms with van der Waals surface area (Å²) in [5.74, 6) is 0.457. The highest BCUT2D eigenvalue weighted by atomic mass is 32.2. The molecule has 0 radical (unpaired) electrons. The first kappa shape index (κ1) is 17.8. The van der Waals surface area contributed by atoms with Gasteiger partial charge in [0.25, 0.3) is 0 Å². The molecule has 1 aromatic carbocycles. The van der Waals surface area contributed by atoms with Crippen molar-refractivity contribution in [3.8, 4) is 0 Å². The van der Waals surface area contributed by atoms with E-state index in [1.807, 2.05) is 19.1 Å². The fourth-order valence-corrected chi connectivity index (χ4v) is 6.60. The minimum absolute atomic E-state index is 0.0451. The minimum atomic E-state index is -3.47. The van der Waals surface area contributed by atoms with Gasteiger partial charge in [0.05, 0.1) is 16.4 Å².